The van der Waals surface area contributed by atoms with Gasteiger partial charge in [0, 0.05) is 6.54 Å². The number of halogens is 1. The zero-order valence-corrected chi connectivity index (χ0v) is 12.2. The lowest BCUT2D eigenvalue weighted by Gasteiger charge is -2.11. The van der Waals surface area contributed by atoms with Gasteiger partial charge in [-0.25, -0.2) is 0 Å². The number of benzene rings is 2. The zero-order chi connectivity index (χ0) is 14.5. The number of rotatable bonds is 4. The van der Waals surface area contributed by atoms with E-state index in [-0.39, 0.29) is 0 Å². The van der Waals surface area contributed by atoms with Crippen molar-refractivity contribution in [1.29, 1.82) is 5.26 Å². The maximum absolute atomic E-state index is 8.90. The minimum atomic E-state index is 0.586. The molecule has 0 fully saturated rings. The van der Waals surface area contributed by atoms with Gasteiger partial charge in [0.05, 0.1) is 29.5 Å². The summed E-state index contributed by atoms with van der Waals surface area (Å²) in [7, 11) is 1.66. The average Bonchev–Trinajstić information content (AvgIpc) is 2.46. The Morgan fingerprint density at radius 2 is 2.05 bits per heavy atom. The van der Waals surface area contributed by atoms with E-state index in [0.29, 0.717) is 17.1 Å². The van der Waals surface area contributed by atoms with Crippen molar-refractivity contribution in [3.05, 3.63) is 58.1 Å². The number of ether oxygens (including phenoxy) is 1. The fourth-order valence-corrected chi connectivity index (χ4v) is 2.16. The Labute approximate surface area is 123 Å². The standard InChI is InChI=1S/C16H15ClN2O/c1-11-7-13(4-6-16(11)20-2)10-19-15-8-12(9-18)3-5-14(15)17/h3-8,19H,10H2,1-2H3. The summed E-state index contributed by atoms with van der Waals surface area (Å²) in [6, 6.07) is 13.3. The minimum Gasteiger partial charge on any atom is -0.496 e. The summed E-state index contributed by atoms with van der Waals surface area (Å²) in [6.45, 7) is 2.64. The van der Waals surface area contributed by atoms with Crippen molar-refractivity contribution in [3.8, 4) is 11.8 Å². The summed E-state index contributed by atoms with van der Waals surface area (Å²) in [5.74, 6) is 0.873. The maximum Gasteiger partial charge on any atom is 0.121 e. The van der Waals surface area contributed by atoms with Gasteiger partial charge in [0.15, 0.2) is 0 Å². The number of hydrogen-bond donors (Lipinski definition) is 1. The Balaban J connectivity index is 2.13. The Morgan fingerprint density at radius 1 is 1.25 bits per heavy atom. The van der Waals surface area contributed by atoms with Crippen LogP contribution < -0.4 is 10.1 Å². The fraction of sp³-hybridized carbons (Fsp3) is 0.188. The van der Waals surface area contributed by atoms with Crippen LogP contribution in [0, 0.1) is 18.3 Å². The van der Waals surface area contributed by atoms with Crippen LogP contribution in [0.4, 0.5) is 5.69 Å². The van der Waals surface area contributed by atoms with E-state index < -0.39 is 0 Å². The van der Waals surface area contributed by atoms with Crippen molar-refractivity contribution >= 4 is 17.3 Å². The number of nitriles is 1. The minimum absolute atomic E-state index is 0.586. The first-order chi connectivity index (χ1) is 9.63. The third-order valence-corrected chi connectivity index (χ3v) is 3.37. The van der Waals surface area contributed by atoms with Crippen LogP contribution in [0.2, 0.25) is 5.02 Å². The highest BCUT2D eigenvalue weighted by molar-refractivity contribution is 6.33. The van der Waals surface area contributed by atoms with Gasteiger partial charge in [-0.2, -0.15) is 5.26 Å². The quantitative estimate of drug-likeness (QED) is 0.919. The molecule has 4 heteroatoms. The number of nitrogens with one attached hydrogen (secondary N) is 1. The van der Waals surface area contributed by atoms with Gasteiger partial charge >= 0.3 is 0 Å². The van der Waals surface area contributed by atoms with E-state index in [1.165, 1.54) is 0 Å². The molecule has 0 saturated heterocycles. The molecule has 0 aliphatic rings. The number of anilines is 1. The van der Waals surface area contributed by atoms with Crippen LogP contribution in [0.1, 0.15) is 16.7 Å². The third-order valence-electron chi connectivity index (χ3n) is 3.04. The number of hydrogen-bond acceptors (Lipinski definition) is 3. The molecule has 0 spiro atoms. The smallest absolute Gasteiger partial charge is 0.121 e. The summed E-state index contributed by atoms with van der Waals surface area (Å²) in [5.41, 5.74) is 3.56. The van der Waals surface area contributed by atoms with Crippen LogP contribution in [0.25, 0.3) is 0 Å². The van der Waals surface area contributed by atoms with Gasteiger partial charge in [-0.3, -0.25) is 0 Å². The van der Waals surface area contributed by atoms with E-state index in [9.17, 15) is 0 Å². The van der Waals surface area contributed by atoms with Crippen LogP contribution in [0.5, 0.6) is 5.75 Å². The predicted molar refractivity (Wildman–Crippen MR) is 81.2 cm³/mol. The zero-order valence-electron chi connectivity index (χ0n) is 11.4. The SMILES string of the molecule is COc1ccc(CNc2cc(C#N)ccc2Cl)cc1C. The van der Waals surface area contributed by atoms with Crippen molar-refractivity contribution in [3.63, 3.8) is 0 Å². The second kappa shape index (κ2) is 6.31. The van der Waals surface area contributed by atoms with E-state index in [0.717, 1.165) is 22.6 Å². The third kappa shape index (κ3) is 3.23. The van der Waals surface area contributed by atoms with Gasteiger partial charge in [0.25, 0.3) is 0 Å². The van der Waals surface area contributed by atoms with E-state index in [1.54, 1.807) is 25.3 Å². The van der Waals surface area contributed by atoms with E-state index in [2.05, 4.69) is 17.5 Å². The predicted octanol–water partition coefficient (Wildman–Crippen LogP) is 4.14. The Kier molecular flexibility index (Phi) is 4.49. The van der Waals surface area contributed by atoms with Crippen LogP contribution in [0.15, 0.2) is 36.4 Å². The molecule has 0 aliphatic heterocycles. The highest BCUT2D eigenvalue weighted by Gasteiger charge is 2.03. The molecule has 0 saturated carbocycles. The topological polar surface area (TPSA) is 45.0 Å². The summed E-state index contributed by atoms with van der Waals surface area (Å²) in [6.07, 6.45) is 0. The van der Waals surface area contributed by atoms with Gasteiger partial charge in [0.1, 0.15) is 5.75 Å². The summed E-state index contributed by atoms with van der Waals surface area (Å²) in [5, 5.41) is 12.7. The molecule has 2 aromatic rings. The number of aryl methyl sites for hydroxylation is 1. The summed E-state index contributed by atoms with van der Waals surface area (Å²) < 4.78 is 5.23. The van der Waals surface area contributed by atoms with E-state index in [1.807, 2.05) is 19.1 Å². The first-order valence-corrected chi connectivity index (χ1v) is 6.59. The van der Waals surface area contributed by atoms with Gasteiger partial charge in [-0.05, 0) is 42.3 Å². The molecular weight excluding hydrogens is 272 g/mol. The molecule has 0 aromatic heterocycles. The van der Waals surface area contributed by atoms with Crippen molar-refractivity contribution < 1.29 is 4.74 Å². The second-order valence-corrected chi connectivity index (χ2v) is 4.87. The van der Waals surface area contributed by atoms with Gasteiger partial charge in [0.2, 0.25) is 0 Å². The van der Waals surface area contributed by atoms with Crippen molar-refractivity contribution in [2.24, 2.45) is 0 Å². The lowest BCUT2D eigenvalue weighted by atomic mass is 10.1. The highest BCUT2D eigenvalue weighted by Crippen LogP contribution is 2.24. The first-order valence-electron chi connectivity index (χ1n) is 6.21. The van der Waals surface area contributed by atoms with Crippen molar-refractivity contribution in [1.82, 2.24) is 0 Å². The molecule has 0 atom stereocenters. The molecule has 102 valence electrons. The lowest BCUT2D eigenvalue weighted by molar-refractivity contribution is 0.411. The van der Waals surface area contributed by atoms with Gasteiger partial charge in [-0.15, -0.1) is 0 Å². The molecule has 3 nitrogen and oxygen atoms in total. The normalized spacial score (nSPS) is 9.90. The van der Waals surface area contributed by atoms with Crippen molar-refractivity contribution in [2.75, 3.05) is 12.4 Å². The summed E-state index contributed by atoms with van der Waals surface area (Å²) >= 11 is 6.11. The van der Waals surface area contributed by atoms with E-state index in [4.69, 9.17) is 21.6 Å². The number of nitrogens with zero attached hydrogens (tertiary/aromatic N) is 1. The molecule has 0 unspecified atom stereocenters. The molecule has 0 bridgehead atoms. The number of methoxy groups -OCH3 is 1. The highest BCUT2D eigenvalue weighted by atomic mass is 35.5. The van der Waals surface area contributed by atoms with Crippen LogP contribution in [-0.4, -0.2) is 7.11 Å². The molecule has 0 aliphatic carbocycles. The monoisotopic (exact) mass is 286 g/mol. The first kappa shape index (κ1) is 14.2. The molecule has 1 N–H and O–H groups in total. The van der Waals surface area contributed by atoms with Crippen LogP contribution >= 0.6 is 11.6 Å². The molecule has 0 heterocycles. The molecule has 0 amide bonds. The largest absolute Gasteiger partial charge is 0.496 e. The fourth-order valence-electron chi connectivity index (χ4n) is 1.98. The Hall–Kier alpha value is -2.18. The van der Waals surface area contributed by atoms with Crippen LogP contribution in [-0.2, 0) is 6.54 Å². The maximum atomic E-state index is 8.90. The average molecular weight is 287 g/mol. The molecule has 0 radical (unpaired) electrons. The van der Waals surface area contributed by atoms with Crippen molar-refractivity contribution in [2.45, 2.75) is 13.5 Å². The second-order valence-electron chi connectivity index (χ2n) is 4.46. The molecular formula is C16H15ClN2O. The molecule has 2 rings (SSSR count). The van der Waals surface area contributed by atoms with E-state index >= 15 is 0 Å². The molecule has 2 aromatic carbocycles. The van der Waals surface area contributed by atoms with Gasteiger partial charge in [-0.1, -0.05) is 23.7 Å². The summed E-state index contributed by atoms with van der Waals surface area (Å²) in [4.78, 5) is 0. The Morgan fingerprint density at radius 3 is 2.70 bits per heavy atom. The van der Waals surface area contributed by atoms with Gasteiger partial charge < -0.3 is 10.1 Å². The Bertz CT molecular complexity index is 662. The lowest BCUT2D eigenvalue weighted by Crippen LogP contribution is -2.01. The van der Waals surface area contributed by atoms with Crippen LogP contribution in [0.3, 0.4) is 0 Å². The molecule has 20 heavy (non-hydrogen) atoms.